The molecule has 1 N–H and O–H groups in total. The Bertz CT molecular complexity index is 1090. The summed E-state index contributed by atoms with van der Waals surface area (Å²) < 4.78 is 39.6. The Kier molecular flexibility index (Phi) is 5.45. The Morgan fingerprint density at radius 2 is 1.87 bits per heavy atom. The third kappa shape index (κ3) is 4.57. The number of fused-ring (bicyclic) bond motifs is 1. The Labute approximate surface area is 175 Å². The van der Waals surface area contributed by atoms with Crippen LogP contribution < -0.4 is 5.32 Å². The van der Waals surface area contributed by atoms with Crippen molar-refractivity contribution in [3.63, 3.8) is 0 Å². The van der Waals surface area contributed by atoms with E-state index >= 15 is 0 Å². The number of nitrogens with zero attached hydrogens (tertiary/aromatic N) is 4. The number of hydrogen-bond acceptors (Lipinski definition) is 4. The van der Waals surface area contributed by atoms with E-state index < -0.39 is 17.6 Å². The van der Waals surface area contributed by atoms with Crippen LogP contribution in [0.4, 0.5) is 13.2 Å². The first-order valence-electron chi connectivity index (χ1n) is 9.51. The van der Waals surface area contributed by atoms with Gasteiger partial charge in [-0.3, -0.25) is 19.3 Å². The van der Waals surface area contributed by atoms with Crippen molar-refractivity contribution in [2.75, 3.05) is 6.54 Å². The molecule has 3 aromatic rings. The fourth-order valence-electron chi connectivity index (χ4n) is 3.30. The zero-order valence-corrected chi connectivity index (χ0v) is 16.3. The van der Waals surface area contributed by atoms with E-state index in [1.54, 1.807) is 18.5 Å². The first-order chi connectivity index (χ1) is 14.8. The number of alkyl halides is 3. The van der Waals surface area contributed by atoms with Crippen molar-refractivity contribution in [1.82, 2.24) is 25.0 Å². The van der Waals surface area contributed by atoms with Gasteiger partial charge in [0.1, 0.15) is 5.69 Å². The van der Waals surface area contributed by atoms with E-state index in [0.29, 0.717) is 18.7 Å². The molecule has 0 atom stereocenters. The van der Waals surface area contributed by atoms with Crippen LogP contribution in [0, 0.1) is 0 Å². The molecule has 0 bridgehead atoms. The highest BCUT2D eigenvalue weighted by atomic mass is 19.4. The molecule has 0 fully saturated rings. The van der Waals surface area contributed by atoms with Crippen LogP contribution in [0.2, 0.25) is 0 Å². The number of rotatable bonds is 5. The van der Waals surface area contributed by atoms with Crippen LogP contribution in [0.1, 0.15) is 37.7 Å². The van der Waals surface area contributed by atoms with Crippen molar-refractivity contribution >= 4 is 11.8 Å². The SMILES string of the molecule is O=C(NCc1cccnc1)c1cc2n(n1)CCN(Cc1ccc(C(F)(F)F)cc1)C2=O. The van der Waals surface area contributed by atoms with Crippen molar-refractivity contribution in [1.29, 1.82) is 0 Å². The summed E-state index contributed by atoms with van der Waals surface area (Å²) in [6.07, 6.45) is -1.13. The van der Waals surface area contributed by atoms with Gasteiger partial charge < -0.3 is 10.2 Å². The molecule has 1 aliphatic rings. The minimum atomic E-state index is -4.40. The Morgan fingerprint density at radius 1 is 1.10 bits per heavy atom. The summed E-state index contributed by atoms with van der Waals surface area (Å²) in [5.74, 6) is -0.738. The fraction of sp³-hybridized carbons (Fsp3) is 0.238. The topological polar surface area (TPSA) is 80.1 Å². The molecule has 1 aliphatic heterocycles. The van der Waals surface area contributed by atoms with Crippen molar-refractivity contribution in [3.05, 3.63) is 82.9 Å². The molecule has 0 radical (unpaired) electrons. The van der Waals surface area contributed by atoms with Crippen molar-refractivity contribution in [3.8, 4) is 0 Å². The molecule has 4 rings (SSSR count). The van der Waals surface area contributed by atoms with E-state index in [9.17, 15) is 22.8 Å². The van der Waals surface area contributed by atoms with Crippen LogP contribution in [0.15, 0.2) is 54.9 Å². The lowest BCUT2D eigenvalue weighted by Crippen LogP contribution is -2.39. The molecule has 31 heavy (non-hydrogen) atoms. The van der Waals surface area contributed by atoms with Crippen molar-refractivity contribution in [2.45, 2.75) is 25.8 Å². The minimum absolute atomic E-state index is 0.128. The maximum absolute atomic E-state index is 12.8. The number of hydrogen-bond donors (Lipinski definition) is 1. The van der Waals surface area contributed by atoms with Gasteiger partial charge in [-0.1, -0.05) is 18.2 Å². The summed E-state index contributed by atoms with van der Waals surface area (Å²) in [6, 6.07) is 9.74. The molecule has 0 unspecified atom stereocenters. The van der Waals surface area contributed by atoms with Crippen LogP contribution in [0.5, 0.6) is 0 Å². The van der Waals surface area contributed by atoms with E-state index in [4.69, 9.17) is 0 Å². The van der Waals surface area contributed by atoms with Gasteiger partial charge in [-0.15, -0.1) is 0 Å². The van der Waals surface area contributed by atoms with E-state index in [-0.39, 0.29) is 30.4 Å². The molecule has 1 aromatic carbocycles. The Morgan fingerprint density at radius 3 is 2.55 bits per heavy atom. The highest BCUT2D eigenvalue weighted by Gasteiger charge is 2.31. The third-order valence-corrected chi connectivity index (χ3v) is 4.93. The zero-order chi connectivity index (χ0) is 22.0. The molecule has 10 heteroatoms. The third-order valence-electron chi connectivity index (χ3n) is 4.93. The Balaban J connectivity index is 1.42. The number of carbonyl (C=O) groups excluding carboxylic acids is 2. The molecule has 2 amide bonds. The van der Waals surface area contributed by atoms with Gasteiger partial charge in [0.25, 0.3) is 11.8 Å². The second-order valence-corrected chi connectivity index (χ2v) is 7.10. The molecule has 7 nitrogen and oxygen atoms in total. The van der Waals surface area contributed by atoms with Gasteiger partial charge in [0.2, 0.25) is 0 Å². The molecule has 0 spiro atoms. The second kappa shape index (κ2) is 8.21. The lowest BCUT2D eigenvalue weighted by molar-refractivity contribution is -0.137. The van der Waals surface area contributed by atoms with E-state index in [2.05, 4.69) is 15.4 Å². The highest BCUT2D eigenvalue weighted by molar-refractivity contribution is 5.98. The summed E-state index contributed by atoms with van der Waals surface area (Å²) in [7, 11) is 0. The quantitative estimate of drug-likeness (QED) is 0.677. The molecule has 160 valence electrons. The van der Waals surface area contributed by atoms with E-state index in [1.807, 2.05) is 6.07 Å². The zero-order valence-electron chi connectivity index (χ0n) is 16.3. The van der Waals surface area contributed by atoms with Gasteiger partial charge >= 0.3 is 6.18 Å². The summed E-state index contributed by atoms with van der Waals surface area (Å²) >= 11 is 0. The fourth-order valence-corrected chi connectivity index (χ4v) is 3.30. The highest BCUT2D eigenvalue weighted by Crippen LogP contribution is 2.29. The summed E-state index contributed by atoms with van der Waals surface area (Å²) in [5.41, 5.74) is 1.08. The summed E-state index contributed by atoms with van der Waals surface area (Å²) in [6.45, 7) is 1.18. The minimum Gasteiger partial charge on any atom is -0.347 e. The Hall–Kier alpha value is -3.69. The van der Waals surface area contributed by atoms with Crippen LogP contribution in [-0.2, 0) is 25.8 Å². The van der Waals surface area contributed by atoms with Crippen LogP contribution >= 0.6 is 0 Å². The van der Waals surface area contributed by atoms with Gasteiger partial charge in [0.15, 0.2) is 5.69 Å². The number of benzene rings is 1. The van der Waals surface area contributed by atoms with Gasteiger partial charge in [-0.05, 0) is 29.3 Å². The predicted octanol–water partition coefficient (Wildman–Crippen LogP) is 2.88. The molecular weight excluding hydrogens is 411 g/mol. The maximum atomic E-state index is 12.8. The molecule has 3 heterocycles. The number of pyridine rings is 1. The van der Waals surface area contributed by atoms with Crippen LogP contribution in [-0.4, -0.2) is 38.0 Å². The van der Waals surface area contributed by atoms with Crippen LogP contribution in [0.3, 0.4) is 0 Å². The van der Waals surface area contributed by atoms with Gasteiger partial charge in [-0.25, -0.2) is 0 Å². The summed E-state index contributed by atoms with van der Waals surface area (Å²) in [5, 5.41) is 6.95. The number of aromatic nitrogens is 3. The molecule has 0 saturated carbocycles. The van der Waals surface area contributed by atoms with Crippen molar-refractivity contribution in [2.24, 2.45) is 0 Å². The second-order valence-electron chi connectivity index (χ2n) is 7.10. The monoisotopic (exact) mass is 429 g/mol. The molecule has 0 aliphatic carbocycles. The normalized spacial score (nSPS) is 13.8. The van der Waals surface area contributed by atoms with Gasteiger partial charge in [0.05, 0.1) is 12.1 Å². The number of amides is 2. The smallest absolute Gasteiger partial charge is 0.347 e. The van der Waals surface area contributed by atoms with Crippen molar-refractivity contribution < 1.29 is 22.8 Å². The van der Waals surface area contributed by atoms with Crippen LogP contribution in [0.25, 0.3) is 0 Å². The summed E-state index contributed by atoms with van der Waals surface area (Å²) in [4.78, 5) is 30.7. The molecule has 2 aromatic heterocycles. The maximum Gasteiger partial charge on any atom is 0.416 e. The largest absolute Gasteiger partial charge is 0.416 e. The first-order valence-corrected chi connectivity index (χ1v) is 9.51. The number of halogens is 3. The average molecular weight is 429 g/mol. The van der Waals surface area contributed by atoms with E-state index in [1.165, 1.54) is 27.8 Å². The van der Waals surface area contributed by atoms with Gasteiger partial charge in [-0.2, -0.15) is 18.3 Å². The standard InChI is InChI=1S/C21H18F3N5O2/c22-21(23,24)16-5-3-14(4-6-16)13-28-8-9-29-18(20(28)31)10-17(27-29)19(30)26-12-15-2-1-7-25-11-15/h1-7,10-11H,8-9,12-13H2,(H,26,30). The lowest BCUT2D eigenvalue weighted by Gasteiger charge is -2.27. The molecular formula is C21H18F3N5O2. The predicted molar refractivity (Wildman–Crippen MR) is 104 cm³/mol. The number of carbonyl (C=O) groups is 2. The number of nitrogens with one attached hydrogen (secondary N) is 1. The molecule has 0 saturated heterocycles. The average Bonchev–Trinajstić information content (AvgIpc) is 3.20. The van der Waals surface area contributed by atoms with Gasteiger partial charge in [0, 0.05) is 38.1 Å². The van der Waals surface area contributed by atoms with E-state index in [0.717, 1.165) is 17.7 Å². The first kappa shape index (κ1) is 20.6. The lowest BCUT2D eigenvalue weighted by atomic mass is 10.1.